The number of hydrogen-bond donors (Lipinski definition) is 1. The molecule has 0 atom stereocenters. The number of hydrogen-bond acceptors (Lipinski definition) is 3. The fraction of sp³-hybridized carbons (Fsp3) is 0.600. The third kappa shape index (κ3) is 3.01. The highest BCUT2D eigenvalue weighted by Gasteiger charge is 2.00. The van der Waals surface area contributed by atoms with Crippen molar-refractivity contribution < 1.29 is 0 Å². The predicted octanol–water partition coefficient (Wildman–Crippen LogP) is 2.10. The standard InChI is InChI=1S/C10H17N3/c1-3-4-5-6-9-7-12-10(11)13-8(9)2/h7H,3-6H2,1-2H3,(H2,11,12,13). The smallest absolute Gasteiger partial charge is 0.220 e. The summed E-state index contributed by atoms with van der Waals surface area (Å²) in [6.45, 7) is 4.19. The lowest BCUT2D eigenvalue weighted by atomic mass is 10.1. The van der Waals surface area contributed by atoms with Gasteiger partial charge in [0.05, 0.1) is 0 Å². The maximum atomic E-state index is 5.46. The largest absolute Gasteiger partial charge is 0.368 e. The zero-order chi connectivity index (χ0) is 9.68. The number of unbranched alkanes of at least 4 members (excludes halogenated alkanes) is 2. The Morgan fingerprint density at radius 3 is 2.77 bits per heavy atom. The van der Waals surface area contributed by atoms with Gasteiger partial charge in [-0.1, -0.05) is 19.8 Å². The number of aromatic nitrogens is 2. The summed E-state index contributed by atoms with van der Waals surface area (Å²) >= 11 is 0. The Morgan fingerprint density at radius 1 is 1.38 bits per heavy atom. The van der Waals surface area contributed by atoms with Gasteiger partial charge in [0, 0.05) is 11.9 Å². The van der Waals surface area contributed by atoms with Crippen LogP contribution >= 0.6 is 0 Å². The topological polar surface area (TPSA) is 51.8 Å². The maximum absolute atomic E-state index is 5.46. The van der Waals surface area contributed by atoms with Gasteiger partial charge < -0.3 is 5.73 Å². The Labute approximate surface area is 79.4 Å². The normalized spacial score (nSPS) is 10.3. The summed E-state index contributed by atoms with van der Waals surface area (Å²) in [7, 11) is 0. The molecule has 1 aromatic heterocycles. The first kappa shape index (κ1) is 9.96. The van der Waals surface area contributed by atoms with Crippen LogP contribution < -0.4 is 5.73 Å². The Hall–Kier alpha value is -1.12. The van der Waals surface area contributed by atoms with Crippen LogP contribution in [0.15, 0.2) is 6.20 Å². The lowest BCUT2D eigenvalue weighted by Crippen LogP contribution is -2.00. The second kappa shape index (κ2) is 4.80. The fourth-order valence-corrected chi connectivity index (χ4v) is 1.32. The van der Waals surface area contributed by atoms with Crippen LogP contribution in [-0.4, -0.2) is 9.97 Å². The first-order chi connectivity index (χ1) is 6.24. The van der Waals surface area contributed by atoms with Crippen LogP contribution in [0.2, 0.25) is 0 Å². The van der Waals surface area contributed by atoms with Gasteiger partial charge in [-0.3, -0.25) is 0 Å². The fourth-order valence-electron chi connectivity index (χ4n) is 1.32. The molecule has 1 heterocycles. The van der Waals surface area contributed by atoms with Gasteiger partial charge in [-0.05, 0) is 25.3 Å². The van der Waals surface area contributed by atoms with Crippen molar-refractivity contribution >= 4 is 5.95 Å². The summed E-state index contributed by atoms with van der Waals surface area (Å²) in [4.78, 5) is 8.10. The van der Waals surface area contributed by atoms with E-state index in [0.29, 0.717) is 5.95 Å². The van der Waals surface area contributed by atoms with Gasteiger partial charge in [-0.25, -0.2) is 9.97 Å². The van der Waals surface area contributed by atoms with Gasteiger partial charge in [0.2, 0.25) is 5.95 Å². The molecule has 0 aliphatic rings. The van der Waals surface area contributed by atoms with E-state index in [9.17, 15) is 0 Å². The number of rotatable bonds is 4. The molecule has 0 aromatic carbocycles. The predicted molar refractivity (Wildman–Crippen MR) is 54.4 cm³/mol. The summed E-state index contributed by atoms with van der Waals surface area (Å²) in [5.74, 6) is 0.372. The molecule has 72 valence electrons. The van der Waals surface area contributed by atoms with E-state index in [0.717, 1.165) is 12.1 Å². The summed E-state index contributed by atoms with van der Waals surface area (Å²) in [5.41, 5.74) is 7.70. The summed E-state index contributed by atoms with van der Waals surface area (Å²) in [6, 6.07) is 0. The molecule has 0 radical (unpaired) electrons. The zero-order valence-corrected chi connectivity index (χ0v) is 8.38. The molecule has 0 amide bonds. The van der Waals surface area contributed by atoms with Crippen molar-refractivity contribution in [3.05, 3.63) is 17.5 Å². The van der Waals surface area contributed by atoms with Crippen molar-refractivity contribution in [3.63, 3.8) is 0 Å². The molecule has 0 saturated carbocycles. The van der Waals surface area contributed by atoms with Crippen LogP contribution in [0.1, 0.15) is 37.4 Å². The monoisotopic (exact) mass is 179 g/mol. The van der Waals surface area contributed by atoms with E-state index in [1.54, 1.807) is 0 Å². The second-order valence-electron chi connectivity index (χ2n) is 3.30. The quantitative estimate of drug-likeness (QED) is 0.720. The molecule has 2 N–H and O–H groups in total. The third-order valence-electron chi connectivity index (χ3n) is 2.15. The number of nitrogens with two attached hydrogens (primary N) is 1. The Bertz CT molecular complexity index is 271. The van der Waals surface area contributed by atoms with E-state index in [2.05, 4.69) is 16.9 Å². The minimum absolute atomic E-state index is 0.372. The average Bonchev–Trinajstić information content (AvgIpc) is 2.09. The van der Waals surface area contributed by atoms with Crippen LogP contribution in [-0.2, 0) is 6.42 Å². The van der Waals surface area contributed by atoms with E-state index in [1.165, 1.54) is 24.8 Å². The third-order valence-corrected chi connectivity index (χ3v) is 2.15. The first-order valence-electron chi connectivity index (χ1n) is 4.82. The molecule has 1 aromatic rings. The van der Waals surface area contributed by atoms with Crippen molar-refractivity contribution in [3.8, 4) is 0 Å². The highest BCUT2D eigenvalue weighted by molar-refractivity contribution is 5.24. The van der Waals surface area contributed by atoms with Crippen LogP contribution in [0.4, 0.5) is 5.95 Å². The molecule has 0 bridgehead atoms. The van der Waals surface area contributed by atoms with Crippen LogP contribution in [0, 0.1) is 6.92 Å². The van der Waals surface area contributed by atoms with Gasteiger partial charge in [-0.15, -0.1) is 0 Å². The molecule has 1 rings (SSSR count). The second-order valence-corrected chi connectivity index (χ2v) is 3.30. The molecule has 0 unspecified atom stereocenters. The van der Waals surface area contributed by atoms with E-state index in [4.69, 9.17) is 5.73 Å². The molecular formula is C10H17N3. The molecule has 0 aliphatic carbocycles. The molecule has 3 heteroatoms. The minimum Gasteiger partial charge on any atom is -0.368 e. The van der Waals surface area contributed by atoms with E-state index in [-0.39, 0.29) is 0 Å². The molecule has 13 heavy (non-hydrogen) atoms. The van der Waals surface area contributed by atoms with Crippen LogP contribution in [0.25, 0.3) is 0 Å². The SMILES string of the molecule is CCCCCc1cnc(N)nc1C. The highest BCUT2D eigenvalue weighted by atomic mass is 15.0. The van der Waals surface area contributed by atoms with Crippen molar-refractivity contribution in [2.45, 2.75) is 39.5 Å². The lowest BCUT2D eigenvalue weighted by Gasteiger charge is -2.03. The van der Waals surface area contributed by atoms with Crippen molar-refractivity contribution in [1.29, 1.82) is 0 Å². The molecule has 0 fully saturated rings. The lowest BCUT2D eigenvalue weighted by molar-refractivity contribution is 0.711. The first-order valence-corrected chi connectivity index (χ1v) is 4.82. The number of nitrogens with zero attached hydrogens (tertiary/aromatic N) is 2. The van der Waals surface area contributed by atoms with E-state index >= 15 is 0 Å². The highest BCUT2D eigenvalue weighted by Crippen LogP contribution is 2.09. The van der Waals surface area contributed by atoms with Gasteiger partial charge in [0.1, 0.15) is 0 Å². The Morgan fingerprint density at radius 2 is 2.15 bits per heavy atom. The minimum atomic E-state index is 0.372. The summed E-state index contributed by atoms with van der Waals surface area (Å²) in [6.07, 6.45) is 6.64. The van der Waals surface area contributed by atoms with Crippen molar-refractivity contribution in [1.82, 2.24) is 9.97 Å². The van der Waals surface area contributed by atoms with Gasteiger partial charge in [-0.2, -0.15) is 0 Å². The average molecular weight is 179 g/mol. The van der Waals surface area contributed by atoms with Crippen LogP contribution in [0.5, 0.6) is 0 Å². The Kier molecular flexibility index (Phi) is 3.68. The number of anilines is 1. The molecule has 0 spiro atoms. The molecule has 0 aliphatic heterocycles. The zero-order valence-electron chi connectivity index (χ0n) is 8.38. The Balaban J connectivity index is 2.56. The molecule has 0 saturated heterocycles. The van der Waals surface area contributed by atoms with E-state index < -0.39 is 0 Å². The van der Waals surface area contributed by atoms with Crippen molar-refractivity contribution in [2.24, 2.45) is 0 Å². The number of nitrogen functional groups attached to an aromatic ring is 1. The molecular weight excluding hydrogens is 162 g/mol. The van der Waals surface area contributed by atoms with Gasteiger partial charge in [0.15, 0.2) is 0 Å². The van der Waals surface area contributed by atoms with E-state index in [1.807, 2.05) is 13.1 Å². The maximum Gasteiger partial charge on any atom is 0.220 e. The summed E-state index contributed by atoms with van der Waals surface area (Å²) < 4.78 is 0. The van der Waals surface area contributed by atoms with Gasteiger partial charge in [0.25, 0.3) is 0 Å². The molecule has 3 nitrogen and oxygen atoms in total. The van der Waals surface area contributed by atoms with Crippen LogP contribution in [0.3, 0.4) is 0 Å². The van der Waals surface area contributed by atoms with Crippen molar-refractivity contribution in [2.75, 3.05) is 5.73 Å². The number of aryl methyl sites for hydroxylation is 2. The van der Waals surface area contributed by atoms with Gasteiger partial charge >= 0.3 is 0 Å². The summed E-state index contributed by atoms with van der Waals surface area (Å²) in [5, 5.41) is 0.